The fraction of sp³-hybridized carbons (Fsp3) is 0.314. The monoisotopic (exact) mass is 599 g/mol. The fourth-order valence-electron chi connectivity index (χ4n) is 5.85. The molecule has 0 radical (unpaired) electrons. The van der Waals surface area contributed by atoms with Crippen LogP contribution in [-0.2, 0) is 27.8 Å². The molecular weight excluding hydrogens is 561 g/mol. The molecule has 1 saturated carbocycles. The number of aryl methyl sites for hydroxylation is 2. The zero-order valence-electron chi connectivity index (χ0n) is 24.8. The molecule has 0 spiro atoms. The highest BCUT2D eigenvalue weighted by atomic mass is 32.2. The highest BCUT2D eigenvalue weighted by Crippen LogP contribution is 2.49. The Morgan fingerprint density at radius 2 is 1.74 bits per heavy atom. The van der Waals surface area contributed by atoms with Gasteiger partial charge in [-0.3, -0.25) is 9.78 Å². The van der Waals surface area contributed by atoms with Crippen molar-refractivity contribution in [2.45, 2.75) is 69.9 Å². The van der Waals surface area contributed by atoms with E-state index in [1.165, 1.54) is 18.2 Å². The molecule has 2 aliphatic carbocycles. The van der Waals surface area contributed by atoms with E-state index in [2.05, 4.69) is 21.8 Å². The summed E-state index contributed by atoms with van der Waals surface area (Å²) < 4.78 is 43.0. The number of nitrogens with one attached hydrogen (secondary N) is 1. The van der Waals surface area contributed by atoms with Crippen LogP contribution >= 0.6 is 0 Å². The maximum Gasteiger partial charge on any atom is 0.241 e. The van der Waals surface area contributed by atoms with Crippen molar-refractivity contribution in [2.24, 2.45) is 5.92 Å². The van der Waals surface area contributed by atoms with E-state index in [-0.39, 0.29) is 22.6 Å². The van der Waals surface area contributed by atoms with Crippen LogP contribution < -0.4 is 9.62 Å². The van der Waals surface area contributed by atoms with Crippen molar-refractivity contribution in [2.75, 3.05) is 4.90 Å². The topological polar surface area (TPSA) is 79.4 Å². The summed E-state index contributed by atoms with van der Waals surface area (Å²) in [5.41, 5.74) is 5.43. The number of fused-ring (bicyclic) bond motifs is 1. The number of pyridine rings is 1. The summed E-state index contributed by atoms with van der Waals surface area (Å²) in [4.78, 5) is 20.4. The van der Waals surface area contributed by atoms with Gasteiger partial charge < -0.3 is 4.90 Å². The molecular formula is C35H38FN3O3S. The summed E-state index contributed by atoms with van der Waals surface area (Å²) >= 11 is 0. The molecule has 4 aromatic rings. The number of hydrogen-bond donors (Lipinski definition) is 1. The zero-order chi connectivity index (χ0) is 30.6. The van der Waals surface area contributed by atoms with Crippen molar-refractivity contribution in [3.63, 3.8) is 0 Å². The molecule has 0 saturated heterocycles. The zero-order valence-corrected chi connectivity index (χ0v) is 25.6. The van der Waals surface area contributed by atoms with E-state index in [9.17, 15) is 17.6 Å². The Balaban J connectivity index is 0.00000180. The van der Waals surface area contributed by atoms with Gasteiger partial charge in [0.05, 0.1) is 17.1 Å². The first kappa shape index (κ1) is 30.6. The number of hydrogen-bond acceptors (Lipinski definition) is 4. The lowest BCUT2D eigenvalue weighted by Crippen LogP contribution is -2.34. The first-order valence-corrected chi connectivity index (χ1v) is 16.5. The summed E-state index contributed by atoms with van der Waals surface area (Å²) in [6.07, 6.45) is 3.04. The van der Waals surface area contributed by atoms with E-state index in [1.807, 2.05) is 75.4 Å². The molecule has 1 N–H and O–H groups in total. The number of aromatic nitrogens is 1. The smallest absolute Gasteiger partial charge is 0.241 e. The first-order chi connectivity index (χ1) is 20.8. The third-order valence-corrected chi connectivity index (χ3v) is 9.50. The second kappa shape index (κ2) is 13.2. The largest absolute Gasteiger partial charge is 0.306 e. The average molecular weight is 600 g/mol. The molecule has 1 amide bonds. The molecule has 0 aliphatic heterocycles. The van der Waals surface area contributed by atoms with Gasteiger partial charge in [-0.2, -0.15) is 0 Å². The standard InChI is InChI=1S/C33H32FN3O3S.C2H6/c1-22-8-5-13-26(35-22)21-37(33(38)31-20-29(31)23-9-3-2-4-10-23)27-17-16-24-11-6-15-32(30(24)19-27)36-41(39,40)28-14-7-12-25(34)18-28;1-2/h2-5,7-10,12-14,16-19,29,31-32,36H,6,11,15,20-21H2,1H3;1-2H3/t29-,31+,32?;/m1./s1. The number of rotatable bonds is 8. The Morgan fingerprint density at radius 3 is 2.49 bits per heavy atom. The fourth-order valence-corrected chi connectivity index (χ4v) is 7.13. The Bertz CT molecular complexity index is 1690. The van der Waals surface area contributed by atoms with Gasteiger partial charge in [0.15, 0.2) is 0 Å². The first-order valence-electron chi connectivity index (χ1n) is 15.0. The van der Waals surface area contributed by atoms with E-state index in [0.717, 1.165) is 53.4 Å². The maximum atomic E-state index is 14.0. The highest BCUT2D eigenvalue weighted by Gasteiger charge is 2.46. The molecule has 6 nitrogen and oxygen atoms in total. The summed E-state index contributed by atoms with van der Waals surface area (Å²) in [5.74, 6) is -0.512. The number of amides is 1. The summed E-state index contributed by atoms with van der Waals surface area (Å²) in [7, 11) is -3.95. The molecule has 43 heavy (non-hydrogen) atoms. The number of halogens is 1. The Morgan fingerprint density at radius 1 is 0.977 bits per heavy atom. The Kier molecular flexibility index (Phi) is 9.37. The van der Waals surface area contributed by atoms with Gasteiger partial charge >= 0.3 is 0 Å². The minimum atomic E-state index is -3.95. The number of carbonyl (C=O) groups is 1. The van der Waals surface area contributed by atoms with Crippen LogP contribution in [0.25, 0.3) is 0 Å². The van der Waals surface area contributed by atoms with E-state index in [1.54, 1.807) is 4.90 Å². The van der Waals surface area contributed by atoms with Gasteiger partial charge in [-0.1, -0.05) is 62.4 Å². The quantitative estimate of drug-likeness (QED) is 0.231. The number of carbonyl (C=O) groups excluding carboxylic acids is 1. The van der Waals surface area contributed by atoms with Gasteiger partial charge in [-0.15, -0.1) is 0 Å². The lowest BCUT2D eigenvalue weighted by atomic mass is 9.87. The minimum absolute atomic E-state index is 0.0369. The molecule has 1 aromatic heterocycles. The molecule has 8 heteroatoms. The highest BCUT2D eigenvalue weighted by molar-refractivity contribution is 7.89. The van der Waals surface area contributed by atoms with Crippen LogP contribution in [0.1, 0.15) is 73.1 Å². The van der Waals surface area contributed by atoms with Crippen molar-refractivity contribution >= 4 is 21.6 Å². The predicted octanol–water partition coefficient (Wildman–Crippen LogP) is 7.25. The van der Waals surface area contributed by atoms with Gasteiger partial charge in [-0.25, -0.2) is 17.5 Å². The number of benzene rings is 3. The van der Waals surface area contributed by atoms with E-state index in [4.69, 9.17) is 0 Å². The van der Waals surface area contributed by atoms with Crippen molar-refractivity contribution in [3.8, 4) is 0 Å². The van der Waals surface area contributed by atoms with Crippen LogP contribution in [0.4, 0.5) is 10.1 Å². The summed E-state index contributed by atoms with van der Waals surface area (Å²) in [5, 5.41) is 0. The lowest BCUT2D eigenvalue weighted by Gasteiger charge is -2.29. The van der Waals surface area contributed by atoms with Gasteiger partial charge in [0.25, 0.3) is 0 Å². The molecule has 0 bridgehead atoms. The number of anilines is 1. The lowest BCUT2D eigenvalue weighted by molar-refractivity contribution is -0.120. The van der Waals surface area contributed by atoms with Crippen molar-refractivity contribution in [1.29, 1.82) is 0 Å². The van der Waals surface area contributed by atoms with Crippen LogP contribution in [0, 0.1) is 18.7 Å². The van der Waals surface area contributed by atoms with Crippen LogP contribution in [0.2, 0.25) is 0 Å². The molecule has 1 fully saturated rings. The van der Waals surface area contributed by atoms with E-state index >= 15 is 0 Å². The third-order valence-electron chi connectivity index (χ3n) is 8.03. The van der Waals surface area contributed by atoms with Crippen LogP contribution in [0.3, 0.4) is 0 Å². The number of nitrogens with zero attached hydrogens (tertiary/aromatic N) is 2. The molecule has 224 valence electrons. The van der Waals surface area contributed by atoms with Crippen LogP contribution in [0.5, 0.6) is 0 Å². The molecule has 6 rings (SSSR count). The van der Waals surface area contributed by atoms with Crippen LogP contribution in [0.15, 0.2) is 95.9 Å². The summed E-state index contributed by atoms with van der Waals surface area (Å²) in [6, 6.07) is 26.3. The maximum absolute atomic E-state index is 14.0. The minimum Gasteiger partial charge on any atom is -0.306 e. The van der Waals surface area contributed by atoms with Gasteiger partial charge in [0.2, 0.25) is 15.9 Å². The van der Waals surface area contributed by atoms with E-state index in [0.29, 0.717) is 18.7 Å². The molecule has 1 unspecified atom stereocenters. The normalized spacial score (nSPS) is 19.0. The SMILES string of the molecule is CC.Cc1cccc(CN(C(=O)[C@H]2C[C@@H]2c2ccccc2)c2ccc3c(c2)C(NS(=O)(=O)c2cccc(F)c2)CCC3)n1. The van der Waals surface area contributed by atoms with Gasteiger partial charge in [0, 0.05) is 23.3 Å². The second-order valence-electron chi connectivity index (χ2n) is 11.0. The predicted molar refractivity (Wildman–Crippen MR) is 168 cm³/mol. The van der Waals surface area contributed by atoms with Crippen LogP contribution in [-0.4, -0.2) is 19.3 Å². The average Bonchev–Trinajstić information content (AvgIpc) is 3.82. The Hall–Kier alpha value is -3.88. The molecule has 3 aromatic carbocycles. The summed E-state index contributed by atoms with van der Waals surface area (Å²) in [6.45, 7) is 6.24. The van der Waals surface area contributed by atoms with E-state index < -0.39 is 21.9 Å². The van der Waals surface area contributed by atoms with Gasteiger partial charge in [-0.05, 0) is 97.7 Å². The molecule has 3 atom stereocenters. The van der Waals surface area contributed by atoms with Crippen molar-refractivity contribution < 1.29 is 17.6 Å². The third kappa shape index (κ3) is 7.03. The Labute approximate surface area is 254 Å². The molecule has 2 aliphatic rings. The van der Waals surface area contributed by atoms with Gasteiger partial charge in [0.1, 0.15) is 5.82 Å². The second-order valence-corrected chi connectivity index (χ2v) is 12.7. The number of sulfonamides is 1. The molecule has 1 heterocycles. The van der Waals surface area contributed by atoms with Crippen molar-refractivity contribution in [1.82, 2.24) is 9.71 Å². The van der Waals surface area contributed by atoms with Crippen molar-refractivity contribution in [3.05, 3.63) is 125 Å².